The predicted molar refractivity (Wildman–Crippen MR) is 86.3 cm³/mol. The largest absolute Gasteiger partial charge is 0.459 e. The van der Waals surface area contributed by atoms with Gasteiger partial charge in [-0.05, 0) is 48.9 Å². The van der Waals surface area contributed by atoms with E-state index in [2.05, 4.69) is 59.0 Å². The van der Waals surface area contributed by atoms with Crippen molar-refractivity contribution >= 4 is 11.0 Å². The fourth-order valence-corrected chi connectivity index (χ4v) is 2.71. The number of aryl methyl sites for hydroxylation is 2. The first-order chi connectivity index (χ1) is 9.41. The summed E-state index contributed by atoms with van der Waals surface area (Å²) in [6, 6.07) is 4.42. The number of benzene rings is 1. The Labute approximate surface area is 122 Å². The molecule has 0 fully saturated rings. The van der Waals surface area contributed by atoms with Crippen LogP contribution in [-0.2, 0) is 6.54 Å². The molecule has 1 aromatic heterocycles. The standard InChI is InChI=1S/C18H27NO/c1-11(2)9-19-10-16-14(6)17-13(5)7-8-15(12(3)4)18(17)20-16/h7-8,11-12,19H,9-10H2,1-6H3. The first-order valence-electron chi connectivity index (χ1n) is 7.64. The van der Waals surface area contributed by atoms with Crippen LogP contribution in [0.5, 0.6) is 0 Å². The van der Waals surface area contributed by atoms with Gasteiger partial charge in [-0.1, -0.05) is 39.8 Å². The molecule has 0 bridgehead atoms. The molecule has 1 N–H and O–H groups in total. The van der Waals surface area contributed by atoms with E-state index in [-0.39, 0.29) is 0 Å². The van der Waals surface area contributed by atoms with Gasteiger partial charge in [0.25, 0.3) is 0 Å². The van der Waals surface area contributed by atoms with Gasteiger partial charge in [0.2, 0.25) is 0 Å². The molecular weight excluding hydrogens is 246 g/mol. The Bertz CT molecular complexity index is 593. The maximum Gasteiger partial charge on any atom is 0.138 e. The average molecular weight is 273 g/mol. The summed E-state index contributed by atoms with van der Waals surface area (Å²) in [5.74, 6) is 2.23. The van der Waals surface area contributed by atoms with Crippen LogP contribution in [0.3, 0.4) is 0 Å². The molecule has 2 aromatic rings. The molecule has 1 heterocycles. The second-order valence-corrected chi connectivity index (χ2v) is 6.51. The Kier molecular flexibility index (Phi) is 4.54. The monoisotopic (exact) mass is 273 g/mol. The highest BCUT2D eigenvalue weighted by molar-refractivity contribution is 5.88. The number of fused-ring (bicyclic) bond motifs is 1. The smallest absolute Gasteiger partial charge is 0.138 e. The second kappa shape index (κ2) is 6.01. The molecule has 0 aliphatic rings. The summed E-state index contributed by atoms with van der Waals surface area (Å²) in [4.78, 5) is 0. The number of hydrogen-bond donors (Lipinski definition) is 1. The van der Waals surface area contributed by atoms with E-state index < -0.39 is 0 Å². The Morgan fingerprint density at radius 1 is 1.10 bits per heavy atom. The van der Waals surface area contributed by atoms with E-state index >= 15 is 0 Å². The van der Waals surface area contributed by atoms with E-state index in [9.17, 15) is 0 Å². The number of furan rings is 1. The van der Waals surface area contributed by atoms with Crippen LogP contribution >= 0.6 is 0 Å². The minimum absolute atomic E-state index is 0.486. The van der Waals surface area contributed by atoms with Crippen molar-refractivity contribution in [2.45, 2.75) is 54.0 Å². The van der Waals surface area contributed by atoms with Crippen molar-refractivity contribution < 1.29 is 4.42 Å². The first-order valence-corrected chi connectivity index (χ1v) is 7.64. The zero-order chi connectivity index (χ0) is 14.9. The zero-order valence-corrected chi connectivity index (χ0v) is 13.6. The van der Waals surface area contributed by atoms with E-state index in [4.69, 9.17) is 4.42 Å². The van der Waals surface area contributed by atoms with Crippen molar-refractivity contribution in [1.82, 2.24) is 5.32 Å². The molecule has 0 unspecified atom stereocenters. The third kappa shape index (κ3) is 2.90. The third-order valence-electron chi connectivity index (χ3n) is 3.88. The third-order valence-corrected chi connectivity index (χ3v) is 3.88. The van der Waals surface area contributed by atoms with E-state index in [1.807, 2.05) is 0 Å². The number of hydrogen-bond acceptors (Lipinski definition) is 2. The molecule has 0 aliphatic carbocycles. The summed E-state index contributed by atoms with van der Waals surface area (Å²) >= 11 is 0. The molecular formula is C18H27NO. The maximum atomic E-state index is 6.19. The van der Waals surface area contributed by atoms with Crippen molar-refractivity contribution in [3.05, 3.63) is 34.6 Å². The lowest BCUT2D eigenvalue weighted by Crippen LogP contribution is -2.18. The topological polar surface area (TPSA) is 25.2 Å². The van der Waals surface area contributed by atoms with Crippen molar-refractivity contribution in [3.8, 4) is 0 Å². The molecule has 0 aliphatic heterocycles. The molecule has 0 saturated heterocycles. The van der Waals surface area contributed by atoms with Gasteiger partial charge in [-0.3, -0.25) is 0 Å². The highest BCUT2D eigenvalue weighted by Gasteiger charge is 2.16. The fourth-order valence-electron chi connectivity index (χ4n) is 2.71. The summed E-state index contributed by atoms with van der Waals surface area (Å²) in [7, 11) is 0. The molecule has 0 saturated carbocycles. The van der Waals surface area contributed by atoms with E-state index in [1.165, 1.54) is 22.1 Å². The van der Waals surface area contributed by atoms with Gasteiger partial charge in [-0.2, -0.15) is 0 Å². The van der Waals surface area contributed by atoms with Gasteiger partial charge >= 0.3 is 0 Å². The van der Waals surface area contributed by atoms with Gasteiger partial charge in [-0.15, -0.1) is 0 Å². The van der Waals surface area contributed by atoms with Crippen molar-refractivity contribution in [1.29, 1.82) is 0 Å². The van der Waals surface area contributed by atoms with E-state index in [0.717, 1.165) is 24.4 Å². The average Bonchev–Trinajstić information content (AvgIpc) is 2.67. The van der Waals surface area contributed by atoms with Gasteiger partial charge < -0.3 is 9.73 Å². The maximum absolute atomic E-state index is 6.19. The van der Waals surface area contributed by atoms with Crippen LogP contribution in [0.15, 0.2) is 16.5 Å². The SMILES string of the molecule is Cc1ccc(C(C)C)c2oc(CNCC(C)C)c(C)c12. The van der Waals surface area contributed by atoms with Crippen LogP contribution in [0.25, 0.3) is 11.0 Å². The highest BCUT2D eigenvalue weighted by atomic mass is 16.3. The highest BCUT2D eigenvalue weighted by Crippen LogP contribution is 2.33. The molecule has 1 aromatic carbocycles. The molecule has 2 heteroatoms. The van der Waals surface area contributed by atoms with Gasteiger partial charge in [0.1, 0.15) is 11.3 Å². The molecule has 0 amide bonds. The molecule has 2 rings (SSSR count). The summed E-state index contributed by atoms with van der Waals surface area (Å²) < 4.78 is 6.19. The quantitative estimate of drug-likeness (QED) is 0.836. The van der Waals surface area contributed by atoms with Crippen molar-refractivity contribution in [2.24, 2.45) is 5.92 Å². The minimum atomic E-state index is 0.486. The predicted octanol–water partition coefficient (Wildman–Crippen LogP) is 4.92. The lowest BCUT2D eigenvalue weighted by molar-refractivity contribution is 0.480. The minimum Gasteiger partial charge on any atom is -0.459 e. The Balaban J connectivity index is 2.40. The molecule has 110 valence electrons. The second-order valence-electron chi connectivity index (χ2n) is 6.51. The number of nitrogens with one attached hydrogen (secondary N) is 1. The van der Waals surface area contributed by atoms with Crippen LogP contribution in [0, 0.1) is 19.8 Å². The van der Waals surface area contributed by atoms with Crippen LogP contribution in [0.4, 0.5) is 0 Å². The van der Waals surface area contributed by atoms with E-state index in [1.54, 1.807) is 0 Å². The van der Waals surface area contributed by atoms with Crippen LogP contribution in [0.2, 0.25) is 0 Å². The van der Waals surface area contributed by atoms with Gasteiger partial charge in [0, 0.05) is 5.39 Å². The summed E-state index contributed by atoms with van der Waals surface area (Å²) in [5, 5.41) is 4.78. The molecule has 0 radical (unpaired) electrons. The van der Waals surface area contributed by atoms with Crippen LogP contribution in [0.1, 0.15) is 56.1 Å². The fraction of sp³-hybridized carbons (Fsp3) is 0.556. The summed E-state index contributed by atoms with van der Waals surface area (Å²) in [5.41, 5.74) is 4.99. The summed E-state index contributed by atoms with van der Waals surface area (Å²) in [6.45, 7) is 15.1. The lowest BCUT2D eigenvalue weighted by atomic mass is 9.97. The zero-order valence-electron chi connectivity index (χ0n) is 13.6. The molecule has 20 heavy (non-hydrogen) atoms. The van der Waals surface area contributed by atoms with Crippen LogP contribution in [-0.4, -0.2) is 6.54 Å². The lowest BCUT2D eigenvalue weighted by Gasteiger charge is -2.07. The Morgan fingerprint density at radius 2 is 1.80 bits per heavy atom. The Morgan fingerprint density at radius 3 is 2.40 bits per heavy atom. The first kappa shape index (κ1) is 15.1. The normalized spacial score (nSPS) is 12.0. The van der Waals surface area contributed by atoms with Crippen molar-refractivity contribution in [2.75, 3.05) is 6.54 Å². The Hall–Kier alpha value is -1.28. The van der Waals surface area contributed by atoms with Gasteiger partial charge in [0.05, 0.1) is 6.54 Å². The van der Waals surface area contributed by atoms with Crippen LogP contribution < -0.4 is 5.32 Å². The van der Waals surface area contributed by atoms with E-state index in [0.29, 0.717) is 11.8 Å². The van der Waals surface area contributed by atoms with Gasteiger partial charge in [-0.25, -0.2) is 0 Å². The van der Waals surface area contributed by atoms with Gasteiger partial charge in [0.15, 0.2) is 0 Å². The summed E-state index contributed by atoms with van der Waals surface area (Å²) in [6.07, 6.45) is 0. The molecule has 0 spiro atoms. The molecule has 0 atom stereocenters. The number of rotatable bonds is 5. The molecule has 2 nitrogen and oxygen atoms in total. The van der Waals surface area contributed by atoms with Crippen molar-refractivity contribution in [3.63, 3.8) is 0 Å².